The minimum absolute atomic E-state index is 0.0457. The Kier molecular flexibility index (Phi) is 4.46. The molecule has 0 fully saturated rings. The number of hydrogen-bond acceptors (Lipinski definition) is 2. The van der Waals surface area contributed by atoms with Crippen molar-refractivity contribution in [2.24, 2.45) is 5.73 Å². The quantitative estimate of drug-likeness (QED) is 0.918. The fourth-order valence-corrected chi connectivity index (χ4v) is 2.19. The van der Waals surface area contributed by atoms with Crippen LogP contribution in [0.15, 0.2) is 42.5 Å². The van der Waals surface area contributed by atoms with E-state index in [-0.39, 0.29) is 6.04 Å². The van der Waals surface area contributed by atoms with Gasteiger partial charge in [-0.3, -0.25) is 0 Å². The molecule has 2 rings (SSSR count). The maximum Gasteiger partial charge on any atom is 0.122 e. The topological polar surface area (TPSA) is 35.2 Å². The molecule has 0 aliphatic rings. The SMILES string of the molecule is COc1cc(C(N)Cc2ccc(Cl)cc2)ccc1C. The van der Waals surface area contributed by atoms with Gasteiger partial charge in [0, 0.05) is 11.1 Å². The predicted octanol–water partition coefficient (Wildman–Crippen LogP) is 3.90. The average molecular weight is 276 g/mol. The number of hydrogen-bond donors (Lipinski definition) is 1. The fraction of sp³-hybridized carbons (Fsp3) is 0.250. The van der Waals surface area contributed by atoms with Gasteiger partial charge in [0.25, 0.3) is 0 Å². The first-order valence-corrected chi connectivity index (χ1v) is 6.62. The first-order chi connectivity index (χ1) is 9.10. The Morgan fingerprint density at radius 2 is 1.84 bits per heavy atom. The maximum absolute atomic E-state index is 6.25. The van der Waals surface area contributed by atoms with E-state index in [1.54, 1.807) is 7.11 Å². The summed E-state index contributed by atoms with van der Waals surface area (Å²) in [5, 5.41) is 0.745. The third kappa shape index (κ3) is 3.49. The van der Waals surface area contributed by atoms with E-state index < -0.39 is 0 Å². The molecule has 0 radical (unpaired) electrons. The molecule has 1 unspecified atom stereocenters. The summed E-state index contributed by atoms with van der Waals surface area (Å²) in [6.45, 7) is 2.02. The number of benzene rings is 2. The zero-order chi connectivity index (χ0) is 13.8. The molecule has 3 heteroatoms. The van der Waals surface area contributed by atoms with E-state index in [2.05, 4.69) is 6.07 Å². The molecule has 2 N–H and O–H groups in total. The largest absolute Gasteiger partial charge is 0.496 e. The summed E-state index contributed by atoms with van der Waals surface area (Å²) in [5.74, 6) is 0.879. The van der Waals surface area contributed by atoms with E-state index in [4.69, 9.17) is 22.1 Å². The second-order valence-corrected chi connectivity index (χ2v) is 5.10. The highest BCUT2D eigenvalue weighted by Gasteiger charge is 2.09. The molecule has 2 aromatic rings. The van der Waals surface area contributed by atoms with Gasteiger partial charge in [-0.1, -0.05) is 35.9 Å². The first kappa shape index (κ1) is 13.9. The van der Waals surface area contributed by atoms with Gasteiger partial charge in [-0.05, 0) is 48.2 Å². The molecule has 0 amide bonds. The van der Waals surface area contributed by atoms with Gasteiger partial charge in [-0.15, -0.1) is 0 Å². The number of halogens is 1. The Hall–Kier alpha value is -1.51. The van der Waals surface area contributed by atoms with Crippen LogP contribution >= 0.6 is 11.6 Å². The zero-order valence-electron chi connectivity index (χ0n) is 11.2. The van der Waals surface area contributed by atoms with E-state index in [9.17, 15) is 0 Å². The van der Waals surface area contributed by atoms with Crippen LogP contribution in [0, 0.1) is 6.92 Å². The number of ether oxygens (including phenoxy) is 1. The second kappa shape index (κ2) is 6.09. The van der Waals surface area contributed by atoms with Crippen molar-refractivity contribution in [2.75, 3.05) is 7.11 Å². The van der Waals surface area contributed by atoms with Gasteiger partial charge >= 0.3 is 0 Å². The Morgan fingerprint density at radius 3 is 2.47 bits per heavy atom. The van der Waals surface area contributed by atoms with Crippen LogP contribution < -0.4 is 10.5 Å². The molecular formula is C16H18ClNO. The van der Waals surface area contributed by atoms with E-state index in [0.717, 1.165) is 28.3 Å². The average Bonchev–Trinajstić information content (AvgIpc) is 2.42. The molecule has 0 heterocycles. The van der Waals surface area contributed by atoms with E-state index in [0.29, 0.717) is 0 Å². The molecular weight excluding hydrogens is 258 g/mol. The van der Waals surface area contributed by atoms with Crippen molar-refractivity contribution in [1.29, 1.82) is 0 Å². The Labute approximate surface area is 119 Å². The lowest BCUT2D eigenvalue weighted by molar-refractivity contribution is 0.410. The molecule has 1 atom stereocenters. The molecule has 0 spiro atoms. The number of nitrogens with two attached hydrogens (primary N) is 1. The molecule has 2 aromatic carbocycles. The summed E-state index contributed by atoms with van der Waals surface area (Å²) < 4.78 is 5.33. The number of aryl methyl sites for hydroxylation is 1. The Morgan fingerprint density at radius 1 is 1.16 bits per heavy atom. The van der Waals surface area contributed by atoms with Gasteiger partial charge in [0.15, 0.2) is 0 Å². The van der Waals surface area contributed by atoms with Gasteiger partial charge in [-0.25, -0.2) is 0 Å². The highest BCUT2D eigenvalue weighted by molar-refractivity contribution is 6.30. The van der Waals surface area contributed by atoms with Crippen LogP contribution in [0.25, 0.3) is 0 Å². The van der Waals surface area contributed by atoms with Gasteiger partial charge in [-0.2, -0.15) is 0 Å². The van der Waals surface area contributed by atoms with Gasteiger partial charge < -0.3 is 10.5 Å². The van der Waals surface area contributed by atoms with Crippen LogP contribution in [-0.4, -0.2) is 7.11 Å². The minimum atomic E-state index is -0.0457. The first-order valence-electron chi connectivity index (χ1n) is 6.24. The smallest absolute Gasteiger partial charge is 0.122 e. The summed E-state index contributed by atoms with van der Waals surface area (Å²) in [5.41, 5.74) is 9.62. The van der Waals surface area contributed by atoms with Crippen molar-refractivity contribution >= 4 is 11.6 Å². The van der Waals surface area contributed by atoms with Crippen molar-refractivity contribution in [3.63, 3.8) is 0 Å². The molecule has 19 heavy (non-hydrogen) atoms. The molecule has 0 bridgehead atoms. The van der Waals surface area contributed by atoms with E-state index in [1.165, 1.54) is 5.56 Å². The van der Waals surface area contributed by atoms with Crippen molar-refractivity contribution < 1.29 is 4.74 Å². The Balaban J connectivity index is 2.15. The molecule has 100 valence electrons. The standard InChI is InChI=1S/C16H18ClNO/c1-11-3-6-13(10-16(11)19-2)15(18)9-12-4-7-14(17)8-5-12/h3-8,10,15H,9,18H2,1-2H3. The highest BCUT2D eigenvalue weighted by atomic mass is 35.5. The van der Waals surface area contributed by atoms with Gasteiger partial charge in [0.05, 0.1) is 7.11 Å². The monoisotopic (exact) mass is 275 g/mol. The maximum atomic E-state index is 6.25. The summed E-state index contributed by atoms with van der Waals surface area (Å²) in [6, 6.07) is 13.8. The van der Waals surface area contributed by atoms with Crippen LogP contribution in [0.2, 0.25) is 5.02 Å². The normalized spacial score (nSPS) is 12.2. The van der Waals surface area contributed by atoms with E-state index >= 15 is 0 Å². The van der Waals surface area contributed by atoms with Crippen LogP contribution in [-0.2, 0) is 6.42 Å². The second-order valence-electron chi connectivity index (χ2n) is 4.67. The molecule has 0 aliphatic heterocycles. The predicted molar refractivity (Wildman–Crippen MR) is 79.8 cm³/mol. The van der Waals surface area contributed by atoms with E-state index in [1.807, 2.05) is 43.3 Å². The fourth-order valence-electron chi connectivity index (χ4n) is 2.06. The lowest BCUT2D eigenvalue weighted by Crippen LogP contribution is -2.13. The number of methoxy groups -OCH3 is 1. The molecule has 0 aromatic heterocycles. The summed E-state index contributed by atoms with van der Waals surface area (Å²) in [7, 11) is 1.68. The summed E-state index contributed by atoms with van der Waals surface area (Å²) >= 11 is 5.87. The third-order valence-corrected chi connectivity index (χ3v) is 3.48. The van der Waals surface area contributed by atoms with Crippen LogP contribution in [0.5, 0.6) is 5.75 Å². The molecule has 0 aliphatic carbocycles. The van der Waals surface area contributed by atoms with Crippen molar-refractivity contribution in [2.45, 2.75) is 19.4 Å². The van der Waals surface area contributed by atoms with Crippen molar-refractivity contribution in [1.82, 2.24) is 0 Å². The van der Waals surface area contributed by atoms with Crippen molar-refractivity contribution in [3.05, 3.63) is 64.2 Å². The third-order valence-electron chi connectivity index (χ3n) is 3.23. The van der Waals surface area contributed by atoms with Crippen molar-refractivity contribution in [3.8, 4) is 5.75 Å². The van der Waals surface area contributed by atoms with Gasteiger partial charge in [0.2, 0.25) is 0 Å². The Bertz CT molecular complexity index is 551. The molecule has 0 saturated heterocycles. The molecule has 0 saturated carbocycles. The lowest BCUT2D eigenvalue weighted by atomic mass is 9.98. The van der Waals surface area contributed by atoms with Crippen LogP contribution in [0.3, 0.4) is 0 Å². The minimum Gasteiger partial charge on any atom is -0.496 e. The highest BCUT2D eigenvalue weighted by Crippen LogP contribution is 2.24. The zero-order valence-corrected chi connectivity index (χ0v) is 11.9. The number of rotatable bonds is 4. The van der Waals surface area contributed by atoms with Crippen LogP contribution in [0.4, 0.5) is 0 Å². The molecule has 2 nitrogen and oxygen atoms in total. The van der Waals surface area contributed by atoms with Crippen LogP contribution in [0.1, 0.15) is 22.7 Å². The summed E-state index contributed by atoms with van der Waals surface area (Å²) in [6.07, 6.45) is 0.781. The summed E-state index contributed by atoms with van der Waals surface area (Å²) in [4.78, 5) is 0. The lowest BCUT2D eigenvalue weighted by Gasteiger charge is -2.14. The van der Waals surface area contributed by atoms with Gasteiger partial charge in [0.1, 0.15) is 5.75 Å².